The molecule has 0 aliphatic carbocycles. The van der Waals surface area contributed by atoms with E-state index in [9.17, 15) is 24.5 Å². The van der Waals surface area contributed by atoms with Gasteiger partial charge in [-0.05, 0) is 12.1 Å². The van der Waals surface area contributed by atoms with E-state index >= 15 is 0 Å². The summed E-state index contributed by atoms with van der Waals surface area (Å²) in [6.45, 7) is 4.04. The Morgan fingerprint density at radius 3 is 2.23 bits per heavy atom. The number of fused-ring (bicyclic) bond motifs is 1. The lowest BCUT2D eigenvalue weighted by Gasteiger charge is -2.34. The Morgan fingerprint density at radius 2 is 1.61 bits per heavy atom. The summed E-state index contributed by atoms with van der Waals surface area (Å²) in [4.78, 5) is 52.7. The third kappa shape index (κ3) is 3.98. The molecule has 3 heterocycles. The zero-order chi connectivity index (χ0) is 22.1. The highest BCUT2D eigenvalue weighted by molar-refractivity contribution is 5.96. The molecule has 1 N–H and O–H groups in total. The largest absolute Gasteiger partial charge is 0.339 e. The predicted octanol–water partition coefficient (Wildman–Crippen LogP) is 0.821. The van der Waals surface area contributed by atoms with E-state index in [1.54, 1.807) is 14.7 Å². The van der Waals surface area contributed by atoms with Crippen LogP contribution in [0.4, 0.5) is 5.69 Å². The van der Waals surface area contributed by atoms with Crippen molar-refractivity contribution in [1.29, 1.82) is 0 Å². The van der Waals surface area contributed by atoms with Crippen LogP contribution >= 0.6 is 0 Å². The summed E-state index contributed by atoms with van der Waals surface area (Å²) in [6, 6.07) is 5.48. The van der Waals surface area contributed by atoms with Crippen molar-refractivity contribution < 1.29 is 19.3 Å². The number of H-pyrrole nitrogens is 1. The van der Waals surface area contributed by atoms with Crippen LogP contribution < -0.4 is 0 Å². The Hall–Kier alpha value is -3.76. The number of piperazine rings is 1. The number of amides is 3. The summed E-state index contributed by atoms with van der Waals surface area (Å²) in [7, 11) is 0. The smallest absolute Gasteiger partial charge is 0.274 e. The Balaban J connectivity index is 1.48. The standard InChI is InChI=1S/C20H22N6O5/c1-13(27)23-8-10-24(11-9-23)20(29)18-16-12-25(7-6-17(16)21-22-18)19(28)14-2-4-15(5-3-14)26(30)31/h2-5H,6-12H2,1H3,(H,21,22). The lowest BCUT2D eigenvalue weighted by atomic mass is 10.0. The van der Waals surface area contributed by atoms with Gasteiger partial charge in [0.15, 0.2) is 5.69 Å². The highest BCUT2D eigenvalue weighted by Crippen LogP contribution is 2.24. The van der Waals surface area contributed by atoms with Gasteiger partial charge in [0.2, 0.25) is 5.91 Å². The number of carbonyl (C=O) groups excluding carboxylic acids is 3. The molecule has 0 atom stereocenters. The molecule has 11 heteroatoms. The fourth-order valence-corrected chi connectivity index (χ4v) is 3.93. The molecule has 1 aromatic heterocycles. The minimum Gasteiger partial charge on any atom is -0.339 e. The third-order valence-electron chi connectivity index (χ3n) is 5.76. The van der Waals surface area contributed by atoms with Crippen molar-refractivity contribution in [2.24, 2.45) is 0 Å². The molecule has 11 nitrogen and oxygen atoms in total. The zero-order valence-electron chi connectivity index (χ0n) is 17.0. The maximum atomic E-state index is 13.0. The number of nitro benzene ring substituents is 1. The molecule has 0 bridgehead atoms. The quantitative estimate of drug-likeness (QED) is 0.571. The SMILES string of the molecule is CC(=O)N1CCN(C(=O)c2n[nH]c3c2CN(C(=O)c2ccc([N+](=O)[O-])cc2)CC3)CC1. The molecule has 31 heavy (non-hydrogen) atoms. The second-order valence-electron chi connectivity index (χ2n) is 7.61. The molecule has 4 rings (SSSR count). The van der Waals surface area contributed by atoms with Crippen molar-refractivity contribution in [2.75, 3.05) is 32.7 Å². The summed E-state index contributed by atoms with van der Waals surface area (Å²) in [6.07, 6.45) is 0.534. The molecule has 1 fully saturated rings. The molecule has 2 aliphatic rings. The summed E-state index contributed by atoms with van der Waals surface area (Å²) in [5.74, 6) is -0.481. The van der Waals surface area contributed by atoms with Gasteiger partial charge in [-0.15, -0.1) is 0 Å². The van der Waals surface area contributed by atoms with Gasteiger partial charge in [0, 0.05) is 75.0 Å². The van der Waals surface area contributed by atoms with E-state index in [1.807, 2.05) is 0 Å². The van der Waals surface area contributed by atoms with Gasteiger partial charge in [0.1, 0.15) is 0 Å². The molecular formula is C20H22N6O5. The number of hydrogen-bond acceptors (Lipinski definition) is 6. The van der Waals surface area contributed by atoms with Gasteiger partial charge in [-0.2, -0.15) is 5.10 Å². The van der Waals surface area contributed by atoms with Crippen molar-refractivity contribution >= 4 is 23.4 Å². The van der Waals surface area contributed by atoms with Crippen LogP contribution in [0.5, 0.6) is 0 Å². The van der Waals surface area contributed by atoms with Crippen LogP contribution in [0.25, 0.3) is 0 Å². The van der Waals surface area contributed by atoms with Crippen molar-refractivity contribution in [3.05, 3.63) is 56.9 Å². The first kappa shape index (κ1) is 20.5. The topological polar surface area (TPSA) is 133 Å². The number of benzene rings is 1. The van der Waals surface area contributed by atoms with Crippen LogP contribution in [0.3, 0.4) is 0 Å². The fourth-order valence-electron chi connectivity index (χ4n) is 3.93. The first-order valence-corrected chi connectivity index (χ1v) is 10.00. The van der Waals surface area contributed by atoms with E-state index in [-0.39, 0.29) is 30.0 Å². The molecule has 2 aliphatic heterocycles. The molecule has 0 saturated carbocycles. The van der Waals surface area contributed by atoms with Gasteiger partial charge in [0.25, 0.3) is 17.5 Å². The number of nitro groups is 1. The molecule has 0 spiro atoms. The maximum Gasteiger partial charge on any atom is 0.274 e. The number of aromatic amines is 1. The predicted molar refractivity (Wildman–Crippen MR) is 108 cm³/mol. The molecule has 2 aromatic rings. The van der Waals surface area contributed by atoms with Crippen molar-refractivity contribution in [1.82, 2.24) is 24.9 Å². The van der Waals surface area contributed by atoms with Crippen molar-refractivity contribution in [3.63, 3.8) is 0 Å². The minimum absolute atomic E-state index is 0.00959. The van der Waals surface area contributed by atoms with Gasteiger partial charge in [-0.1, -0.05) is 0 Å². The molecule has 162 valence electrons. The first-order chi connectivity index (χ1) is 14.8. The van der Waals surface area contributed by atoms with E-state index in [2.05, 4.69) is 10.2 Å². The van der Waals surface area contributed by atoms with Gasteiger partial charge in [-0.25, -0.2) is 0 Å². The second-order valence-corrected chi connectivity index (χ2v) is 7.61. The Morgan fingerprint density at radius 1 is 0.968 bits per heavy atom. The van der Waals surface area contributed by atoms with Crippen LogP contribution in [0.1, 0.15) is 39.0 Å². The van der Waals surface area contributed by atoms with Crippen LogP contribution in [0, 0.1) is 10.1 Å². The molecule has 0 unspecified atom stereocenters. The normalized spacial score (nSPS) is 16.1. The van der Waals surface area contributed by atoms with Crippen LogP contribution in [0.15, 0.2) is 24.3 Å². The van der Waals surface area contributed by atoms with E-state index < -0.39 is 4.92 Å². The average Bonchev–Trinajstić information content (AvgIpc) is 3.21. The number of rotatable bonds is 3. The van der Waals surface area contributed by atoms with Crippen LogP contribution in [-0.2, 0) is 17.8 Å². The Labute approximate surface area is 177 Å². The van der Waals surface area contributed by atoms with Gasteiger partial charge in [0.05, 0.1) is 11.5 Å². The maximum absolute atomic E-state index is 13.0. The number of hydrogen-bond donors (Lipinski definition) is 1. The molecule has 1 aromatic carbocycles. The van der Waals surface area contributed by atoms with E-state index in [0.29, 0.717) is 56.0 Å². The Kier molecular flexibility index (Phi) is 5.40. The number of carbonyl (C=O) groups is 3. The minimum atomic E-state index is -0.513. The van der Waals surface area contributed by atoms with E-state index in [4.69, 9.17) is 0 Å². The number of non-ortho nitro benzene ring substituents is 1. The Bertz CT molecular complexity index is 1040. The summed E-state index contributed by atoms with van der Waals surface area (Å²) in [5.41, 5.74) is 2.10. The second kappa shape index (κ2) is 8.17. The van der Waals surface area contributed by atoms with Crippen molar-refractivity contribution in [2.45, 2.75) is 19.9 Å². The average molecular weight is 426 g/mol. The fraction of sp³-hybridized carbons (Fsp3) is 0.400. The molecule has 3 amide bonds. The molecule has 0 radical (unpaired) electrons. The van der Waals surface area contributed by atoms with Crippen LogP contribution in [-0.4, -0.2) is 80.3 Å². The third-order valence-corrected chi connectivity index (χ3v) is 5.76. The van der Waals surface area contributed by atoms with Gasteiger partial charge in [-0.3, -0.25) is 29.6 Å². The molecule has 1 saturated heterocycles. The molecular weight excluding hydrogens is 404 g/mol. The number of nitrogens with zero attached hydrogens (tertiary/aromatic N) is 5. The summed E-state index contributed by atoms with van der Waals surface area (Å²) < 4.78 is 0. The highest BCUT2D eigenvalue weighted by Gasteiger charge is 2.31. The van der Waals surface area contributed by atoms with E-state index in [1.165, 1.54) is 31.2 Å². The number of aromatic nitrogens is 2. The van der Waals surface area contributed by atoms with E-state index in [0.717, 1.165) is 5.69 Å². The van der Waals surface area contributed by atoms with Gasteiger partial charge >= 0.3 is 0 Å². The highest BCUT2D eigenvalue weighted by atomic mass is 16.6. The summed E-state index contributed by atoms with van der Waals surface area (Å²) in [5, 5.41) is 18.0. The zero-order valence-corrected chi connectivity index (χ0v) is 17.0. The summed E-state index contributed by atoms with van der Waals surface area (Å²) >= 11 is 0. The number of nitrogens with one attached hydrogen (secondary N) is 1. The lowest BCUT2D eigenvalue weighted by molar-refractivity contribution is -0.384. The monoisotopic (exact) mass is 426 g/mol. The van der Waals surface area contributed by atoms with Gasteiger partial charge < -0.3 is 14.7 Å². The lowest BCUT2D eigenvalue weighted by Crippen LogP contribution is -2.50. The van der Waals surface area contributed by atoms with Crippen LogP contribution in [0.2, 0.25) is 0 Å². The first-order valence-electron chi connectivity index (χ1n) is 10.00. The van der Waals surface area contributed by atoms with Crippen molar-refractivity contribution in [3.8, 4) is 0 Å².